The van der Waals surface area contributed by atoms with Crippen LogP contribution in [0, 0.1) is 11.8 Å². The van der Waals surface area contributed by atoms with Crippen LogP contribution in [0.3, 0.4) is 0 Å². The van der Waals surface area contributed by atoms with Crippen molar-refractivity contribution >= 4 is 18.0 Å². The zero-order valence-corrected chi connectivity index (χ0v) is 20.3. The Kier molecular flexibility index (Phi) is 6.84. The molecule has 3 aromatic rings. The molecule has 9 heteroatoms. The monoisotopic (exact) mass is 520 g/mol. The van der Waals surface area contributed by atoms with Gasteiger partial charge < -0.3 is 20.1 Å². The number of benzene rings is 3. The molecule has 196 valence electrons. The topological polar surface area (TPSA) is 95.9 Å². The third-order valence-corrected chi connectivity index (χ3v) is 7.13. The molecule has 1 saturated carbocycles. The number of alkyl halides is 2. The van der Waals surface area contributed by atoms with Crippen LogP contribution in [0.4, 0.5) is 13.6 Å². The summed E-state index contributed by atoms with van der Waals surface area (Å²) in [6.07, 6.45) is -0.854. The van der Waals surface area contributed by atoms with E-state index in [9.17, 15) is 28.3 Å². The second-order valence-electron chi connectivity index (χ2n) is 9.54. The molecule has 2 aliphatic rings. The lowest BCUT2D eigenvalue weighted by Gasteiger charge is -2.21. The minimum Gasteiger partial charge on any atom is -0.480 e. The van der Waals surface area contributed by atoms with Crippen molar-refractivity contribution in [3.05, 3.63) is 95.6 Å². The first kappa shape index (κ1) is 25.4. The quantitative estimate of drug-likeness (QED) is 0.433. The number of hydrogen-bond donors (Lipinski definition) is 2. The minimum atomic E-state index is -3.36. The maximum absolute atomic E-state index is 14.6. The smallest absolute Gasteiger partial charge is 0.407 e. The summed E-state index contributed by atoms with van der Waals surface area (Å²) < 4.78 is 34.5. The molecule has 0 aliphatic heterocycles. The SMILES string of the molecule is O=C(O)CN(Cc1ccccc1)C(=O)C1C(CNC(=O)OCC2c3ccccc3-c3ccccc32)C1(F)F. The molecule has 0 radical (unpaired) electrons. The third-order valence-electron chi connectivity index (χ3n) is 7.13. The number of aliphatic carboxylic acids is 1. The number of ether oxygens (including phenoxy) is 1. The number of carbonyl (C=O) groups is 3. The summed E-state index contributed by atoms with van der Waals surface area (Å²) in [5, 5.41) is 11.6. The molecule has 2 atom stereocenters. The molecule has 5 rings (SSSR count). The van der Waals surface area contributed by atoms with Gasteiger partial charge in [-0.15, -0.1) is 0 Å². The first-order chi connectivity index (χ1) is 18.3. The normalized spacial score (nSPS) is 18.7. The third kappa shape index (κ3) is 4.96. The molecular weight excluding hydrogens is 494 g/mol. The number of hydrogen-bond acceptors (Lipinski definition) is 4. The van der Waals surface area contributed by atoms with Gasteiger partial charge in [0.25, 0.3) is 5.92 Å². The Morgan fingerprint density at radius 1 is 0.895 bits per heavy atom. The van der Waals surface area contributed by atoms with Crippen LogP contribution < -0.4 is 5.32 Å². The van der Waals surface area contributed by atoms with Crippen LogP contribution in [0.1, 0.15) is 22.6 Å². The number of amides is 2. The highest BCUT2D eigenvalue weighted by Gasteiger charge is 2.72. The zero-order valence-electron chi connectivity index (χ0n) is 20.3. The predicted octanol–water partition coefficient (Wildman–Crippen LogP) is 4.52. The van der Waals surface area contributed by atoms with Crippen LogP contribution in [0.5, 0.6) is 0 Å². The Morgan fingerprint density at radius 2 is 1.47 bits per heavy atom. The molecule has 2 N–H and O–H groups in total. The van der Waals surface area contributed by atoms with Gasteiger partial charge >= 0.3 is 12.1 Å². The Bertz CT molecular complexity index is 1320. The molecule has 2 unspecified atom stereocenters. The standard InChI is InChI=1S/C29H26F2N2O5/c30-29(31)24(26(29)27(36)33(16-25(34)35)15-18-8-2-1-3-9-18)14-32-28(37)38-17-23-21-12-6-4-10-19(21)20-11-5-7-13-22(20)23/h1-13,23-24,26H,14-17H2,(H,32,37)(H,34,35). The minimum absolute atomic E-state index is 0.0345. The van der Waals surface area contributed by atoms with Crippen molar-refractivity contribution in [2.45, 2.75) is 18.4 Å². The maximum Gasteiger partial charge on any atom is 0.407 e. The largest absolute Gasteiger partial charge is 0.480 e. The Hall–Kier alpha value is -4.27. The van der Waals surface area contributed by atoms with Crippen LogP contribution in [0.15, 0.2) is 78.9 Å². The highest BCUT2D eigenvalue weighted by atomic mass is 19.3. The molecule has 0 spiro atoms. The molecule has 0 bridgehead atoms. The number of rotatable bonds is 9. The summed E-state index contributed by atoms with van der Waals surface area (Å²) in [5.41, 5.74) is 4.81. The number of nitrogens with one attached hydrogen (secondary N) is 1. The number of fused-ring (bicyclic) bond motifs is 3. The Morgan fingerprint density at radius 3 is 2.08 bits per heavy atom. The van der Waals surface area contributed by atoms with E-state index < -0.39 is 48.8 Å². The van der Waals surface area contributed by atoms with Crippen molar-refractivity contribution in [2.24, 2.45) is 11.8 Å². The number of nitrogens with zero attached hydrogens (tertiary/aromatic N) is 1. The lowest BCUT2D eigenvalue weighted by atomic mass is 9.98. The number of carbonyl (C=O) groups excluding carboxylic acids is 2. The van der Waals surface area contributed by atoms with Crippen molar-refractivity contribution in [2.75, 3.05) is 19.7 Å². The van der Waals surface area contributed by atoms with E-state index in [1.807, 2.05) is 48.5 Å². The van der Waals surface area contributed by atoms with E-state index >= 15 is 0 Å². The summed E-state index contributed by atoms with van der Waals surface area (Å²) in [7, 11) is 0. The molecule has 2 amide bonds. The molecule has 0 aromatic heterocycles. The van der Waals surface area contributed by atoms with Gasteiger partial charge in [0.1, 0.15) is 19.1 Å². The van der Waals surface area contributed by atoms with E-state index in [1.54, 1.807) is 30.3 Å². The highest BCUT2D eigenvalue weighted by molar-refractivity contribution is 5.87. The number of carboxylic acid groups (broad SMARTS) is 1. The van der Waals surface area contributed by atoms with Gasteiger partial charge in [-0.3, -0.25) is 9.59 Å². The maximum atomic E-state index is 14.6. The van der Waals surface area contributed by atoms with Crippen LogP contribution >= 0.6 is 0 Å². The van der Waals surface area contributed by atoms with Crippen molar-refractivity contribution < 1.29 is 33.0 Å². The first-order valence-corrected chi connectivity index (χ1v) is 12.3. The fourth-order valence-electron chi connectivity index (χ4n) is 5.20. The fraction of sp³-hybridized carbons (Fsp3) is 0.276. The van der Waals surface area contributed by atoms with Gasteiger partial charge in [-0.1, -0.05) is 78.9 Å². The molecular formula is C29H26F2N2O5. The zero-order chi connectivity index (χ0) is 26.9. The average molecular weight is 521 g/mol. The summed E-state index contributed by atoms with van der Waals surface area (Å²) in [6, 6.07) is 24.2. The Labute approximate surface area is 218 Å². The van der Waals surface area contributed by atoms with E-state index in [0.717, 1.165) is 27.2 Å². The molecule has 1 fully saturated rings. The molecule has 0 saturated heterocycles. The van der Waals surface area contributed by atoms with Crippen LogP contribution in [0.2, 0.25) is 0 Å². The molecule has 0 heterocycles. The van der Waals surface area contributed by atoms with Gasteiger partial charge in [-0.2, -0.15) is 0 Å². The van der Waals surface area contributed by atoms with E-state index in [2.05, 4.69) is 5.32 Å². The molecule has 2 aliphatic carbocycles. The van der Waals surface area contributed by atoms with E-state index in [1.165, 1.54) is 0 Å². The van der Waals surface area contributed by atoms with E-state index in [4.69, 9.17) is 4.74 Å². The van der Waals surface area contributed by atoms with E-state index in [-0.39, 0.29) is 19.1 Å². The van der Waals surface area contributed by atoms with Crippen molar-refractivity contribution in [3.8, 4) is 11.1 Å². The summed E-state index contributed by atoms with van der Waals surface area (Å²) in [4.78, 5) is 37.5. The van der Waals surface area contributed by atoms with Crippen LogP contribution in [-0.2, 0) is 20.9 Å². The lowest BCUT2D eigenvalue weighted by Crippen LogP contribution is -2.37. The van der Waals surface area contributed by atoms with Gasteiger partial charge in [0.15, 0.2) is 0 Å². The summed E-state index contributed by atoms with van der Waals surface area (Å²) in [6.45, 7) is -1.24. The molecule has 7 nitrogen and oxygen atoms in total. The van der Waals surface area contributed by atoms with Gasteiger partial charge in [0.05, 0.1) is 5.92 Å². The van der Waals surface area contributed by atoms with Gasteiger partial charge in [0, 0.05) is 19.0 Å². The second-order valence-corrected chi connectivity index (χ2v) is 9.54. The van der Waals surface area contributed by atoms with Crippen LogP contribution in [-0.4, -0.2) is 53.6 Å². The van der Waals surface area contributed by atoms with Gasteiger partial charge in [0.2, 0.25) is 5.91 Å². The molecule has 38 heavy (non-hydrogen) atoms. The van der Waals surface area contributed by atoms with Gasteiger partial charge in [-0.25, -0.2) is 13.6 Å². The van der Waals surface area contributed by atoms with Crippen molar-refractivity contribution in [1.82, 2.24) is 10.2 Å². The average Bonchev–Trinajstić information content (AvgIpc) is 3.31. The van der Waals surface area contributed by atoms with Crippen molar-refractivity contribution in [1.29, 1.82) is 0 Å². The second kappa shape index (κ2) is 10.2. The van der Waals surface area contributed by atoms with Gasteiger partial charge in [-0.05, 0) is 27.8 Å². The number of halogens is 2. The summed E-state index contributed by atoms with van der Waals surface area (Å²) >= 11 is 0. The number of alkyl carbamates (subject to hydrolysis) is 1. The fourth-order valence-corrected chi connectivity index (χ4v) is 5.20. The lowest BCUT2D eigenvalue weighted by molar-refractivity contribution is -0.146. The Balaban J connectivity index is 1.18. The van der Waals surface area contributed by atoms with Crippen LogP contribution in [0.25, 0.3) is 11.1 Å². The van der Waals surface area contributed by atoms with E-state index in [0.29, 0.717) is 5.56 Å². The predicted molar refractivity (Wildman–Crippen MR) is 134 cm³/mol. The first-order valence-electron chi connectivity index (χ1n) is 12.3. The van der Waals surface area contributed by atoms with Crippen molar-refractivity contribution in [3.63, 3.8) is 0 Å². The highest BCUT2D eigenvalue weighted by Crippen LogP contribution is 2.55. The number of carboxylic acids is 1. The molecule has 3 aromatic carbocycles. The summed E-state index contributed by atoms with van der Waals surface area (Å²) in [5.74, 6) is -8.94.